The smallest absolute Gasteiger partial charge is 0.149 e. The molecule has 18 heavy (non-hydrogen) atoms. The zero-order valence-electron chi connectivity index (χ0n) is 10.3. The lowest BCUT2D eigenvalue weighted by atomic mass is 9.86. The highest BCUT2D eigenvalue weighted by atomic mass is 79.9. The second kappa shape index (κ2) is 5.48. The van der Waals surface area contributed by atoms with Gasteiger partial charge in [0.1, 0.15) is 5.82 Å². The van der Waals surface area contributed by atoms with Crippen molar-refractivity contribution in [1.29, 1.82) is 0 Å². The average molecular weight is 336 g/mol. The molecule has 0 heterocycles. The van der Waals surface area contributed by atoms with Gasteiger partial charge in [0.15, 0.2) is 0 Å². The van der Waals surface area contributed by atoms with Crippen LogP contribution in [-0.2, 0) is 5.60 Å². The summed E-state index contributed by atoms with van der Waals surface area (Å²) in [5.41, 5.74) is -0.732. The van der Waals surface area contributed by atoms with Gasteiger partial charge in [0, 0.05) is 10.0 Å². The third-order valence-corrected chi connectivity index (χ3v) is 5.13. The molecule has 0 bridgehead atoms. The van der Waals surface area contributed by atoms with Crippen molar-refractivity contribution < 1.29 is 9.50 Å². The molecule has 1 N–H and O–H groups in total. The fraction of sp³-hybridized carbons (Fsp3) is 0.571. The van der Waals surface area contributed by atoms with Crippen LogP contribution in [0, 0.1) is 11.7 Å². The molecular weight excluding hydrogens is 319 g/mol. The molecule has 1 fully saturated rings. The zero-order valence-corrected chi connectivity index (χ0v) is 12.7. The summed E-state index contributed by atoms with van der Waals surface area (Å²) in [5, 5.41) is 10.8. The molecule has 1 aromatic carbocycles. The van der Waals surface area contributed by atoms with E-state index in [4.69, 9.17) is 11.6 Å². The van der Waals surface area contributed by atoms with Crippen LogP contribution in [0.15, 0.2) is 16.6 Å². The molecule has 0 radical (unpaired) electrons. The Morgan fingerprint density at radius 3 is 2.83 bits per heavy atom. The van der Waals surface area contributed by atoms with E-state index in [0.717, 1.165) is 19.3 Å². The molecule has 1 saturated carbocycles. The fourth-order valence-electron chi connectivity index (χ4n) is 2.65. The summed E-state index contributed by atoms with van der Waals surface area (Å²) < 4.78 is 14.7. The van der Waals surface area contributed by atoms with Gasteiger partial charge in [-0.2, -0.15) is 0 Å². The van der Waals surface area contributed by atoms with Gasteiger partial charge >= 0.3 is 0 Å². The van der Waals surface area contributed by atoms with Crippen LogP contribution in [0.25, 0.3) is 0 Å². The van der Waals surface area contributed by atoms with E-state index in [9.17, 15) is 9.50 Å². The van der Waals surface area contributed by atoms with Gasteiger partial charge in [0.05, 0.1) is 10.6 Å². The first kappa shape index (κ1) is 14.3. The van der Waals surface area contributed by atoms with E-state index >= 15 is 0 Å². The molecule has 2 atom stereocenters. The summed E-state index contributed by atoms with van der Waals surface area (Å²) in [7, 11) is 0. The Hall–Kier alpha value is -0.120. The molecule has 0 saturated heterocycles. The van der Waals surface area contributed by atoms with Crippen molar-refractivity contribution in [2.75, 3.05) is 0 Å². The maximum absolute atomic E-state index is 14.2. The van der Waals surface area contributed by atoms with E-state index in [1.54, 1.807) is 12.1 Å². The van der Waals surface area contributed by atoms with Gasteiger partial charge < -0.3 is 5.11 Å². The Morgan fingerprint density at radius 2 is 2.11 bits per heavy atom. The number of aliphatic hydroxyl groups is 1. The molecule has 0 aromatic heterocycles. The summed E-state index contributed by atoms with van der Waals surface area (Å²) in [6.07, 6.45) is 4.14. The predicted molar refractivity (Wildman–Crippen MR) is 75.3 cm³/mol. The first-order valence-electron chi connectivity index (χ1n) is 6.30. The van der Waals surface area contributed by atoms with Crippen LogP contribution in [-0.4, -0.2) is 5.11 Å². The van der Waals surface area contributed by atoms with Crippen LogP contribution in [0.4, 0.5) is 4.39 Å². The second-order valence-electron chi connectivity index (χ2n) is 5.29. The molecule has 1 aliphatic rings. The molecule has 1 aromatic rings. The molecule has 100 valence electrons. The third-order valence-electron chi connectivity index (χ3n) is 3.87. The van der Waals surface area contributed by atoms with E-state index in [2.05, 4.69) is 22.9 Å². The molecule has 0 amide bonds. The summed E-state index contributed by atoms with van der Waals surface area (Å²) in [5.74, 6) is 0.0936. The Kier molecular flexibility index (Phi) is 4.35. The van der Waals surface area contributed by atoms with E-state index in [1.165, 1.54) is 0 Å². The lowest BCUT2D eigenvalue weighted by Gasteiger charge is -2.28. The van der Waals surface area contributed by atoms with Crippen molar-refractivity contribution in [2.45, 2.75) is 44.6 Å². The lowest BCUT2D eigenvalue weighted by molar-refractivity contribution is 0.0164. The molecule has 1 aliphatic carbocycles. The number of halogens is 3. The Morgan fingerprint density at radius 1 is 1.39 bits per heavy atom. The standard InChI is InChI=1S/C14H17BrClFO/c1-9-3-2-7-14(18,8-6-9)10-4-5-11(15)12(16)13(10)17/h4-5,9,18H,2-3,6-8H2,1H3. The summed E-state index contributed by atoms with van der Waals surface area (Å²) in [4.78, 5) is 0. The molecule has 0 spiro atoms. The van der Waals surface area contributed by atoms with Gasteiger partial charge in [-0.15, -0.1) is 0 Å². The van der Waals surface area contributed by atoms with Crippen LogP contribution in [0.3, 0.4) is 0 Å². The van der Waals surface area contributed by atoms with E-state index in [1.807, 2.05) is 0 Å². The first-order valence-corrected chi connectivity index (χ1v) is 7.47. The minimum atomic E-state index is -1.07. The minimum absolute atomic E-state index is 0.0539. The van der Waals surface area contributed by atoms with Gasteiger partial charge in [-0.1, -0.05) is 31.0 Å². The largest absolute Gasteiger partial charge is 0.385 e. The third kappa shape index (κ3) is 2.73. The molecule has 4 heteroatoms. The Bertz CT molecular complexity index is 452. The van der Waals surface area contributed by atoms with Crippen molar-refractivity contribution >= 4 is 27.5 Å². The van der Waals surface area contributed by atoms with Crippen molar-refractivity contribution in [2.24, 2.45) is 5.92 Å². The Balaban J connectivity index is 2.37. The SMILES string of the molecule is CC1CCCC(O)(c2ccc(Br)c(Cl)c2F)CC1. The molecule has 2 rings (SSSR count). The van der Waals surface area contributed by atoms with Gasteiger partial charge in [0.25, 0.3) is 0 Å². The van der Waals surface area contributed by atoms with Crippen molar-refractivity contribution in [3.8, 4) is 0 Å². The normalized spacial score (nSPS) is 29.1. The number of rotatable bonds is 1. The van der Waals surface area contributed by atoms with Crippen LogP contribution >= 0.6 is 27.5 Å². The highest BCUT2D eigenvalue weighted by Crippen LogP contribution is 2.41. The minimum Gasteiger partial charge on any atom is -0.385 e. The van der Waals surface area contributed by atoms with Gasteiger partial charge in [-0.05, 0) is 53.6 Å². The van der Waals surface area contributed by atoms with Crippen molar-refractivity contribution in [3.63, 3.8) is 0 Å². The van der Waals surface area contributed by atoms with Gasteiger partial charge in [-0.3, -0.25) is 0 Å². The van der Waals surface area contributed by atoms with Crippen molar-refractivity contribution in [1.82, 2.24) is 0 Å². The fourth-order valence-corrected chi connectivity index (χ4v) is 3.12. The molecular formula is C14H17BrClFO. The number of hydrogen-bond donors (Lipinski definition) is 1. The molecule has 2 unspecified atom stereocenters. The summed E-state index contributed by atoms with van der Waals surface area (Å²) in [6, 6.07) is 3.34. The van der Waals surface area contributed by atoms with E-state index < -0.39 is 11.4 Å². The zero-order chi connectivity index (χ0) is 13.3. The number of hydrogen-bond acceptors (Lipinski definition) is 1. The molecule has 1 nitrogen and oxygen atoms in total. The topological polar surface area (TPSA) is 20.2 Å². The summed E-state index contributed by atoms with van der Waals surface area (Å²) >= 11 is 9.09. The van der Waals surface area contributed by atoms with Crippen LogP contribution < -0.4 is 0 Å². The lowest BCUT2D eigenvalue weighted by Crippen LogP contribution is -2.26. The second-order valence-corrected chi connectivity index (χ2v) is 6.52. The van der Waals surface area contributed by atoms with Crippen molar-refractivity contribution in [3.05, 3.63) is 33.0 Å². The van der Waals surface area contributed by atoms with Crippen LogP contribution in [0.2, 0.25) is 5.02 Å². The van der Waals surface area contributed by atoms with Crippen LogP contribution in [0.1, 0.15) is 44.6 Å². The maximum Gasteiger partial charge on any atom is 0.149 e. The molecule has 0 aliphatic heterocycles. The monoisotopic (exact) mass is 334 g/mol. The Labute approximate surface area is 120 Å². The highest BCUT2D eigenvalue weighted by molar-refractivity contribution is 9.10. The highest BCUT2D eigenvalue weighted by Gasteiger charge is 2.34. The number of benzene rings is 1. The predicted octanol–water partition coefficient (Wildman–Crippen LogP) is 5.03. The van der Waals surface area contributed by atoms with Gasteiger partial charge in [-0.25, -0.2) is 4.39 Å². The first-order chi connectivity index (χ1) is 8.44. The van der Waals surface area contributed by atoms with Gasteiger partial charge in [0.2, 0.25) is 0 Å². The van der Waals surface area contributed by atoms with Crippen LogP contribution in [0.5, 0.6) is 0 Å². The maximum atomic E-state index is 14.2. The average Bonchev–Trinajstić information content (AvgIpc) is 2.49. The van der Waals surface area contributed by atoms with E-state index in [0.29, 0.717) is 28.8 Å². The van der Waals surface area contributed by atoms with E-state index in [-0.39, 0.29) is 5.02 Å². The quantitative estimate of drug-likeness (QED) is 0.564. The summed E-state index contributed by atoms with van der Waals surface area (Å²) in [6.45, 7) is 2.18.